The Morgan fingerprint density at radius 3 is 2.56 bits per heavy atom. The van der Waals surface area contributed by atoms with E-state index >= 15 is 0 Å². The number of aryl methyl sites for hydroxylation is 1. The van der Waals surface area contributed by atoms with Crippen molar-refractivity contribution in [1.82, 2.24) is 0 Å². The van der Waals surface area contributed by atoms with Crippen LogP contribution in [0, 0.1) is 24.1 Å². The Hall–Kier alpha value is -2.75. The van der Waals surface area contributed by atoms with E-state index < -0.39 is 0 Å². The van der Waals surface area contributed by atoms with Gasteiger partial charge in [0.05, 0.1) is 0 Å². The number of benzene rings is 2. The third-order valence-corrected chi connectivity index (χ3v) is 4.65. The average Bonchev–Trinajstić information content (AvgIpc) is 2.60. The number of hydrogen-bond donors (Lipinski definition) is 2. The minimum atomic E-state index is -0.255. The Labute approximate surface area is 147 Å². The molecular weight excluding hydrogens is 318 g/mol. The first kappa shape index (κ1) is 17.1. The first-order chi connectivity index (χ1) is 11.9. The van der Waals surface area contributed by atoms with Gasteiger partial charge < -0.3 is 11.1 Å². The smallest absolute Gasteiger partial charge is 0.126 e. The van der Waals surface area contributed by atoms with E-state index in [0.717, 1.165) is 22.3 Å². The molecule has 0 saturated heterocycles. The zero-order valence-corrected chi connectivity index (χ0v) is 14.2. The molecule has 25 heavy (non-hydrogen) atoms. The highest BCUT2D eigenvalue weighted by Crippen LogP contribution is 2.40. The van der Waals surface area contributed by atoms with Crippen LogP contribution in [0.2, 0.25) is 0 Å². The molecule has 2 aromatic rings. The van der Waals surface area contributed by atoms with Gasteiger partial charge in [-0.15, -0.1) is 0 Å². The Morgan fingerprint density at radius 2 is 1.88 bits per heavy atom. The van der Waals surface area contributed by atoms with Crippen LogP contribution in [0.5, 0.6) is 0 Å². The highest BCUT2D eigenvalue weighted by atomic mass is 19.1. The van der Waals surface area contributed by atoms with Gasteiger partial charge in [0.25, 0.3) is 0 Å². The van der Waals surface area contributed by atoms with E-state index in [9.17, 15) is 8.78 Å². The van der Waals surface area contributed by atoms with Gasteiger partial charge in [-0.25, -0.2) is 8.78 Å². The maximum absolute atomic E-state index is 14.3. The number of rotatable bonds is 3. The first-order valence-electron chi connectivity index (χ1n) is 8.18. The van der Waals surface area contributed by atoms with Crippen molar-refractivity contribution in [1.29, 1.82) is 5.41 Å². The van der Waals surface area contributed by atoms with Gasteiger partial charge in [-0.3, -0.25) is 0 Å². The molecule has 4 heteroatoms. The van der Waals surface area contributed by atoms with Gasteiger partial charge in [-0.2, -0.15) is 0 Å². The van der Waals surface area contributed by atoms with E-state index in [1.807, 2.05) is 13.0 Å². The molecule has 1 atom stereocenters. The standard InChI is InChI=1S/C21H20F2N2.H2/c1-12-7-14(3-5-19(12)22)17-8-13(2)20(23)10-18(17)15-4-6-21(25)16(9-15)11-24;/h3-7,9-11,13,24H,8,25H2,1-2H3;1H. The first-order valence-corrected chi connectivity index (χ1v) is 8.18. The van der Waals surface area contributed by atoms with Crippen LogP contribution < -0.4 is 5.73 Å². The molecule has 1 unspecified atom stereocenters. The van der Waals surface area contributed by atoms with Crippen LogP contribution >= 0.6 is 0 Å². The molecule has 1 aliphatic carbocycles. The maximum Gasteiger partial charge on any atom is 0.126 e. The third kappa shape index (κ3) is 3.25. The number of hydrogen-bond acceptors (Lipinski definition) is 2. The molecule has 0 aliphatic heterocycles. The van der Waals surface area contributed by atoms with Gasteiger partial charge in [0.2, 0.25) is 0 Å². The number of nitrogen functional groups attached to an aromatic ring is 1. The van der Waals surface area contributed by atoms with Crippen molar-refractivity contribution >= 4 is 23.0 Å². The normalized spacial score (nSPS) is 17.4. The van der Waals surface area contributed by atoms with E-state index in [0.29, 0.717) is 23.2 Å². The molecule has 0 spiro atoms. The fourth-order valence-electron chi connectivity index (χ4n) is 3.11. The van der Waals surface area contributed by atoms with Crippen LogP contribution in [-0.4, -0.2) is 6.21 Å². The summed E-state index contributed by atoms with van der Waals surface area (Å²) >= 11 is 0. The molecule has 1 aliphatic rings. The second-order valence-corrected chi connectivity index (χ2v) is 6.48. The van der Waals surface area contributed by atoms with E-state index in [1.54, 1.807) is 37.3 Å². The van der Waals surface area contributed by atoms with Crippen molar-refractivity contribution in [2.24, 2.45) is 5.92 Å². The summed E-state index contributed by atoms with van der Waals surface area (Å²) in [5.74, 6) is -0.652. The molecule has 0 radical (unpaired) electrons. The number of halogens is 2. The number of nitrogens with one attached hydrogen (secondary N) is 1. The SMILES string of the molecule is Cc1cc(C2=C(c3ccc(N)c(C=N)c3)C=C(F)C(C)C2)ccc1F.[HH]. The Morgan fingerprint density at radius 1 is 1.16 bits per heavy atom. The largest absolute Gasteiger partial charge is 0.398 e. The molecular formula is C21H22F2N2. The molecule has 3 N–H and O–H groups in total. The molecule has 0 bridgehead atoms. The fraction of sp³-hybridized carbons (Fsp3) is 0.190. The summed E-state index contributed by atoms with van der Waals surface area (Å²) in [6.45, 7) is 3.56. The summed E-state index contributed by atoms with van der Waals surface area (Å²) in [6.07, 6.45) is 3.26. The van der Waals surface area contributed by atoms with Crippen LogP contribution in [0.15, 0.2) is 48.3 Å². The number of allylic oxidation sites excluding steroid dienone is 4. The van der Waals surface area contributed by atoms with Gasteiger partial charge in [-0.1, -0.05) is 19.1 Å². The zero-order chi connectivity index (χ0) is 18.1. The fourth-order valence-corrected chi connectivity index (χ4v) is 3.11. The minimum absolute atomic E-state index is 0. The predicted molar refractivity (Wildman–Crippen MR) is 102 cm³/mol. The van der Waals surface area contributed by atoms with Crippen LogP contribution in [0.4, 0.5) is 14.5 Å². The Kier molecular flexibility index (Phi) is 4.53. The summed E-state index contributed by atoms with van der Waals surface area (Å²) in [7, 11) is 0. The molecule has 3 rings (SSSR count). The summed E-state index contributed by atoms with van der Waals surface area (Å²) in [4.78, 5) is 0. The van der Waals surface area contributed by atoms with Gasteiger partial charge in [0.1, 0.15) is 11.6 Å². The topological polar surface area (TPSA) is 49.9 Å². The van der Waals surface area contributed by atoms with Gasteiger partial charge in [0, 0.05) is 24.8 Å². The minimum Gasteiger partial charge on any atom is -0.398 e. The van der Waals surface area contributed by atoms with Crippen molar-refractivity contribution in [3.05, 3.63) is 76.4 Å². The summed E-state index contributed by atoms with van der Waals surface area (Å²) in [5, 5.41) is 7.48. The van der Waals surface area contributed by atoms with Gasteiger partial charge in [0.15, 0.2) is 0 Å². The van der Waals surface area contributed by atoms with E-state index in [1.165, 1.54) is 12.3 Å². The third-order valence-electron chi connectivity index (χ3n) is 4.65. The lowest BCUT2D eigenvalue weighted by Crippen LogP contribution is -2.06. The van der Waals surface area contributed by atoms with Crippen molar-refractivity contribution in [3.8, 4) is 0 Å². The molecule has 0 fully saturated rings. The van der Waals surface area contributed by atoms with E-state index in [-0.39, 0.29) is 19.0 Å². The molecule has 2 nitrogen and oxygen atoms in total. The molecule has 0 amide bonds. The van der Waals surface area contributed by atoms with Crippen molar-refractivity contribution in [3.63, 3.8) is 0 Å². The van der Waals surface area contributed by atoms with Crippen LogP contribution in [0.25, 0.3) is 11.1 Å². The number of anilines is 1. The summed E-state index contributed by atoms with van der Waals surface area (Å²) in [5.41, 5.74) is 10.9. The quantitative estimate of drug-likeness (QED) is 0.541. The summed E-state index contributed by atoms with van der Waals surface area (Å²) in [6, 6.07) is 10.3. The van der Waals surface area contributed by atoms with Crippen LogP contribution in [0.1, 0.15) is 37.0 Å². The maximum atomic E-state index is 14.3. The summed E-state index contributed by atoms with van der Waals surface area (Å²) < 4.78 is 27.9. The average molecular weight is 340 g/mol. The van der Waals surface area contributed by atoms with Crippen LogP contribution in [-0.2, 0) is 0 Å². The zero-order valence-electron chi connectivity index (χ0n) is 14.2. The van der Waals surface area contributed by atoms with Crippen molar-refractivity contribution in [2.75, 3.05) is 5.73 Å². The number of nitrogens with two attached hydrogens (primary N) is 1. The molecule has 0 saturated carbocycles. The second-order valence-electron chi connectivity index (χ2n) is 6.48. The van der Waals surface area contributed by atoms with E-state index in [4.69, 9.17) is 11.1 Å². The predicted octanol–water partition coefficient (Wildman–Crippen LogP) is 5.76. The monoisotopic (exact) mass is 340 g/mol. The Bertz CT molecular complexity index is 916. The van der Waals surface area contributed by atoms with Crippen LogP contribution in [0.3, 0.4) is 0 Å². The van der Waals surface area contributed by atoms with Gasteiger partial charge in [-0.05, 0) is 71.5 Å². The molecule has 2 aromatic carbocycles. The highest BCUT2D eigenvalue weighted by molar-refractivity contribution is 5.98. The lowest BCUT2D eigenvalue weighted by molar-refractivity contribution is 0.497. The lowest BCUT2D eigenvalue weighted by atomic mass is 9.82. The van der Waals surface area contributed by atoms with Crippen molar-refractivity contribution in [2.45, 2.75) is 20.3 Å². The van der Waals surface area contributed by atoms with E-state index in [2.05, 4.69) is 0 Å². The van der Waals surface area contributed by atoms with Crippen molar-refractivity contribution < 1.29 is 10.2 Å². The highest BCUT2D eigenvalue weighted by Gasteiger charge is 2.22. The lowest BCUT2D eigenvalue weighted by Gasteiger charge is -2.23. The Balaban J connectivity index is 0.00000243. The molecule has 0 heterocycles. The molecule has 0 aromatic heterocycles. The van der Waals surface area contributed by atoms with Gasteiger partial charge >= 0.3 is 0 Å². The molecule has 130 valence electrons. The second kappa shape index (κ2) is 6.63.